The molecule has 0 spiro atoms. The fourth-order valence-corrected chi connectivity index (χ4v) is 3.93. The van der Waals surface area contributed by atoms with Crippen molar-refractivity contribution in [3.63, 3.8) is 0 Å². The normalized spacial score (nSPS) is 24.3. The van der Waals surface area contributed by atoms with Gasteiger partial charge in [-0.2, -0.15) is 0 Å². The molecule has 21 heavy (non-hydrogen) atoms. The van der Waals surface area contributed by atoms with Crippen LogP contribution in [0.3, 0.4) is 0 Å². The molecule has 2 fully saturated rings. The van der Waals surface area contributed by atoms with Crippen LogP contribution >= 0.6 is 15.9 Å². The molecular weight excluding hydrogens is 338 g/mol. The molecule has 1 unspecified atom stereocenters. The second-order valence-electron chi connectivity index (χ2n) is 6.12. The number of halogens is 3. The second-order valence-corrected chi connectivity index (χ2v) is 6.98. The number of nitrogens with zero attached hydrogens (tertiary/aromatic N) is 1. The predicted octanol–water partition coefficient (Wildman–Crippen LogP) is 4.09. The van der Waals surface area contributed by atoms with Gasteiger partial charge in [0.15, 0.2) is 0 Å². The summed E-state index contributed by atoms with van der Waals surface area (Å²) in [5.74, 6) is -0.330. The molecule has 1 aliphatic carbocycles. The first kappa shape index (κ1) is 15.2. The van der Waals surface area contributed by atoms with Crippen molar-refractivity contribution in [1.82, 2.24) is 5.32 Å². The molecule has 1 aromatic carbocycles. The molecule has 3 rings (SSSR count). The Morgan fingerprint density at radius 3 is 2.62 bits per heavy atom. The van der Waals surface area contributed by atoms with Crippen molar-refractivity contribution in [2.24, 2.45) is 5.92 Å². The molecule has 5 heteroatoms. The number of anilines is 1. The topological polar surface area (TPSA) is 15.3 Å². The van der Waals surface area contributed by atoms with Crippen molar-refractivity contribution >= 4 is 21.6 Å². The molecule has 0 amide bonds. The Balaban J connectivity index is 1.75. The van der Waals surface area contributed by atoms with Gasteiger partial charge < -0.3 is 10.2 Å². The fraction of sp³-hybridized carbons (Fsp3) is 0.625. The van der Waals surface area contributed by atoms with E-state index in [2.05, 4.69) is 26.1 Å². The van der Waals surface area contributed by atoms with E-state index in [0.717, 1.165) is 25.7 Å². The smallest absolute Gasteiger partial charge is 0.149 e. The highest BCUT2D eigenvalue weighted by molar-refractivity contribution is 9.10. The molecule has 1 N–H and O–H groups in total. The van der Waals surface area contributed by atoms with Gasteiger partial charge in [-0.3, -0.25) is 0 Å². The van der Waals surface area contributed by atoms with E-state index in [4.69, 9.17) is 0 Å². The Hall–Kier alpha value is -0.680. The number of piperazine rings is 1. The summed E-state index contributed by atoms with van der Waals surface area (Å²) in [4.78, 5) is 2.05. The zero-order valence-electron chi connectivity index (χ0n) is 12.0. The Kier molecular flexibility index (Phi) is 4.79. The van der Waals surface area contributed by atoms with E-state index in [9.17, 15) is 8.78 Å². The Labute approximate surface area is 133 Å². The van der Waals surface area contributed by atoms with Crippen LogP contribution in [0, 0.1) is 17.6 Å². The van der Waals surface area contributed by atoms with Crippen LogP contribution in [-0.4, -0.2) is 25.7 Å². The summed E-state index contributed by atoms with van der Waals surface area (Å²) in [6.45, 7) is 2.42. The number of rotatable bonds is 2. The maximum absolute atomic E-state index is 14.1. The minimum absolute atomic E-state index is 0.326. The summed E-state index contributed by atoms with van der Waals surface area (Å²) in [6.07, 6.45) is 6.48. The molecule has 1 saturated heterocycles. The molecule has 116 valence electrons. The zero-order chi connectivity index (χ0) is 14.8. The first-order valence-corrected chi connectivity index (χ1v) is 8.57. The van der Waals surface area contributed by atoms with Gasteiger partial charge in [0.1, 0.15) is 11.6 Å². The number of hydrogen-bond acceptors (Lipinski definition) is 2. The first-order valence-electron chi connectivity index (χ1n) is 7.78. The van der Waals surface area contributed by atoms with Gasteiger partial charge in [-0.05, 0) is 40.8 Å². The molecule has 0 aromatic heterocycles. The van der Waals surface area contributed by atoms with Gasteiger partial charge in [0, 0.05) is 31.7 Å². The Morgan fingerprint density at radius 2 is 1.86 bits per heavy atom. The average molecular weight is 359 g/mol. The maximum Gasteiger partial charge on any atom is 0.149 e. The predicted molar refractivity (Wildman–Crippen MR) is 84.6 cm³/mol. The van der Waals surface area contributed by atoms with Crippen LogP contribution in [-0.2, 0) is 0 Å². The monoisotopic (exact) mass is 358 g/mol. The lowest BCUT2D eigenvalue weighted by Gasteiger charge is -2.40. The van der Waals surface area contributed by atoms with E-state index >= 15 is 0 Å². The number of hydrogen-bond donors (Lipinski definition) is 1. The van der Waals surface area contributed by atoms with Gasteiger partial charge in [-0.15, -0.1) is 0 Å². The summed E-state index contributed by atoms with van der Waals surface area (Å²) < 4.78 is 27.8. The lowest BCUT2D eigenvalue weighted by Crippen LogP contribution is -2.54. The molecule has 1 aromatic rings. The summed E-state index contributed by atoms with van der Waals surface area (Å²) in [5, 5.41) is 3.58. The molecule has 1 heterocycles. The summed E-state index contributed by atoms with van der Waals surface area (Å²) >= 11 is 3.15. The van der Waals surface area contributed by atoms with Crippen LogP contribution in [0.2, 0.25) is 0 Å². The average Bonchev–Trinajstić information content (AvgIpc) is 2.52. The Bertz CT molecular complexity index is 503. The molecule has 0 bridgehead atoms. The van der Waals surface area contributed by atoms with Crippen molar-refractivity contribution in [3.05, 3.63) is 28.2 Å². The largest absolute Gasteiger partial charge is 0.366 e. The third-order valence-corrected chi connectivity index (χ3v) is 5.36. The lowest BCUT2D eigenvalue weighted by atomic mass is 9.83. The summed E-state index contributed by atoms with van der Waals surface area (Å²) in [5.41, 5.74) is 0.505. The van der Waals surface area contributed by atoms with Gasteiger partial charge in [0.2, 0.25) is 0 Å². The first-order chi connectivity index (χ1) is 10.1. The van der Waals surface area contributed by atoms with Crippen LogP contribution < -0.4 is 10.2 Å². The minimum atomic E-state index is -0.546. The van der Waals surface area contributed by atoms with Crippen molar-refractivity contribution < 1.29 is 8.78 Å². The molecule has 0 radical (unpaired) electrons. The minimum Gasteiger partial charge on any atom is -0.366 e. The third kappa shape index (κ3) is 3.39. The van der Waals surface area contributed by atoms with Crippen LogP contribution in [0.4, 0.5) is 14.5 Å². The number of benzene rings is 1. The summed E-state index contributed by atoms with van der Waals surface area (Å²) in [7, 11) is 0. The standard InChI is InChI=1S/C16H21BrF2N2/c17-12-8-16(14(19)9-13(12)18)21-7-6-20-15(10-21)11-4-2-1-3-5-11/h8-9,11,15,20H,1-7,10H2. The lowest BCUT2D eigenvalue weighted by molar-refractivity contribution is 0.256. The SMILES string of the molecule is Fc1cc(F)c(N2CCNC(C3CCCCC3)C2)cc1Br. The van der Waals surface area contributed by atoms with Gasteiger partial charge in [0.25, 0.3) is 0 Å². The van der Waals surface area contributed by atoms with Crippen LogP contribution in [0.25, 0.3) is 0 Å². The molecule has 1 atom stereocenters. The molecule has 1 saturated carbocycles. The zero-order valence-corrected chi connectivity index (χ0v) is 13.6. The van der Waals surface area contributed by atoms with Crippen LogP contribution in [0.1, 0.15) is 32.1 Å². The highest BCUT2D eigenvalue weighted by Crippen LogP contribution is 2.31. The quantitative estimate of drug-likeness (QED) is 0.801. The molecule has 1 aliphatic heterocycles. The molecular formula is C16H21BrF2N2. The maximum atomic E-state index is 14.1. The Morgan fingerprint density at radius 1 is 1.10 bits per heavy atom. The highest BCUT2D eigenvalue weighted by Gasteiger charge is 2.29. The van der Waals surface area contributed by atoms with Gasteiger partial charge in [-0.1, -0.05) is 19.3 Å². The highest BCUT2D eigenvalue weighted by atomic mass is 79.9. The van der Waals surface area contributed by atoms with Crippen molar-refractivity contribution in [2.45, 2.75) is 38.1 Å². The van der Waals surface area contributed by atoms with E-state index in [1.165, 1.54) is 32.1 Å². The van der Waals surface area contributed by atoms with Crippen LogP contribution in [0.15, 0.2) is 16.6 Å². The molecule has 2 aliphatic rings. The van der Waals surface area contributed by atoms with E-state index in [0.29, 0.717) is 22.1 Å². The third-order valence-electron chi connectivity index (χ3n) is 4.75. The van der Waals surface area contributed by atoms with E-state index in [1.807, 2.05) is 0 Å². The van der Waals surface area contributed by atoms with Crippen molar-refractivity contribution in [1.29, 1.82) is 0 Å². The fourth-order valence-electron chi connectivity index (χ4n) is 3.60. The molecule has 2 nitrogen and oxygen atoms in total. The number of nitrogens with one attached hydrogen (secondary N) is 1. The van der Waals surface area contributed by atoms with Crippen molar-refractivity contribution in [2.75, 3.05) is 24.5 Å². The summed E-state index contributed by atoms with van der Waals surface area (Å²) in [6, 6.07) is 2.95. The van der Waals surface area contributed by atoms with Crippen molar-refractivity contribution in [3.8, 4) is 0 Å². The van der Waals surface area contributed by atoms with E-state index < -0.39 is 11.6 Å². The van der Waals surface area contributed by atoms with Gasteiger partial charge in [0.05, 0.1) is 10.2 Å². The van der Waals surface area contributed by atoms with Gasteiger partial charge in [-0.25, -0.2) is 8.78 Å². The van der Waals surface area contributed by atoms with Crippen LogP contribution in [0.5, 0.6) is 0 Å². The van der Waals surface area contributed by atoms with Gasteiger partial charge >= 0.3 is 0 Å². The van der Waals surface area contributed by atoms with E-state index in [1.54, 1.807) is 6.07 Å². The van der Waals surface area contributed by atoms with E-state index in [-0.39, 0.29) is 0 Å². The second kappa shape index (κ2) is 6.61.